The maximum absolute atomic E-state index is 12.0. The van der Waals surface area contributed by atoms with Crippen molar-refractivity contribution in [1.29, 1.82) is 0 Å². The second-order valence-electron chi connectivity index (χ2n) is 5.58. The number of rotatable bonds is 5. The summed E-state index contributed by atoms with van der Waals surface area (Å²) in [4.78, 5) is 24.8. The van der Waals surface area contributed by atoms with Crippen LogP contribution in [0.5, 0.6) is 5.75 Å². The average molecular weight is 305 g/mol. The van der Waals surface area contributed by atoms with Gasteiger partial charge in [-0.05, 0) is 49.9 Å². The van der Waals surface area contributed by atoms with Gasteiger partial charge in [0, 0.05) is 6.54 Å². The van der Waals surface area contributed by atoms with E-state index in [1.165, 1.54) is 16.0 Å². The van der Waals surface area contributed by atoms with Crippen LogP contribution >= 0.6 is 0 Å². The van der Waals surface area contributed by atoms with Crippen LogP contribution in [-0.2, 0) is 4.79 Å². The minimum Gasteiger partial charge on any atom is -0.492 e. The fourth-order valence-electron chi connectivity index (χ4n) is 2.54. The van der Waals surface area contributed by atoms with E-state index in [0.717, 1.165) is 12.2 Å². The zero-order valence-corrected chi connectivity index (χ0v) is 13.1. The van der Waals surface area contributed by atoms with Crippen LogP contribution in [0.2, 0.25) is 0 Å². The highest BCUT2D eigenvalue weighted by Crippen LogP contribution is 2.17. The number of primary amides is 1. The number of nitrogens with two attached hydrogens (primary N) is 1. The molecule has 6 heteroatoms. The number of aryl methyl sites for hydroxylation is 2. The molecule has 1 aromatic carbocycles. The van der Waals surface area contributed by atoms with Crippen LogP contribution in [0, 0.1) is 13.8 Å². The first-order valence-electron chi connectivity index (χ1n) is 7.53. The summed E-state index contributed by atoms with van der Waals surface area (Å²) in [6.07, 6.45) is 1.45. The Morgan fingerprint density at radius 3 is 2.82 bits per heavy atom. The van der Waals surface area contributed by atoms with E-state index in [0.29, 0.717) is 26.1 Å². The van der Waals surface area contributed by atoms with E-state index in [-0.39, 0.29) is 6.03 Å². The fraction of sp³-hybridized carbons (Fsp3) is 0.500. The zero-order valence-electron chi connectivity index (χ0n) is 13.1. The Bertz CT molecular complexity index is 560. The summed E-state index contributed by atoms with van der Waals surface area (Å²) in [5.41, 5.74) is 7.68. The minimum atomic E-state index is -0.485. The second-order valence-corrected chi connectivity index (χ2v) is 5.58. The fourth-order valence-corrected chi connectivity index (χ4v) is 2.54. The highest BCUT2D eigenvalue weighted by Gasteiger charge is 2.32. The molecule has 120 valence electrons. The van der Waals surface area contributed by atoms with E-state index in [1.54, 1.807) is 0 Å². The van der Waals surface area contributed by atoms with E-state index in [4.69, 9.17) is 10.5 Å². The number of ether oxygens (including phenoxy) is 1. The lowest BCUT2D eigenvalue weighted by molar-refractivity contribution is -0.121. The smallest absolute Gasteiger partial charge is 0.318 e. The van der Waals surface area contributed by atoms with Crippen molar-refractivity contribution >= 4 is 11.9 Å². The quantitative estimate of drug-likeness (QED) is 0.805. The van der Waals surface area contributed by atoms with Crippen LogP contribution < -0.4 is 15.8 Å². The number of nitrogens with one attached hydrogen (secondary N) is 1. The van der Waals surface area contributed by atoms with E-state index >= 15 is 0 Å². The van der Waals surface area contributed by atoms with Gasteiger partial charge >= 0.3 is 6.03 Å². The van der Waals surface area contributed by atoms with Crippen molar-refractivity contribution in [2.75, 3.05) is 19.7 Å². The molecule has 22 heavy (non-hydrogen) atoms. The van der Waals surface area contributed by atoms with Crippen LogP contribution in [0.25, 0.3) is 0 Å². The summed E-state index contributed by atoms with van der Waals surface area (Å²) in [5.74, 6) is 0.340. The van der Waals surface area contributed by atoms with E-state index < -0.39 is 11.9 Å². The Hall–Kier alpha value is -2.24. The lowest BCUT2D eigenvalue weighted by Gasteiger charge is -2.22. The number of benzene rings is 1. The summed E-state index contributed by atoms with van der Waals surface area (Å²) in [7, 11) is 0. The van der Waals surface area contributed by atoms with Gasteiger partial charge in [0.2, 0.25) is 5.91 Å². The number of hydrogen-bond acceptors (Lipinski definition) is 3. The lowest BCUT2D eigenvalue weighted by Crippen LogP contribution is -2.48. The molecule has 0 aliphatic carbocycles. The topological polar surface area (TPSA) is 84.7 Å². The van der Waals surface area contributed by atoms with Crippen molar-refractivity contribution in [3.05, 3.63) is 29.3 Å². The van der Waals surface area contributed by atoms with Crippen molar-refractivity contribution in [2.45, 2.75) is 32.7 Å². The van der Waals surface area contributed by atoms with Gasteiger partial charge in [-0.1, -0.05) is 6.07 Å². The van der Waals surface area contributed by atoms with Gasteiger partial charge in [-0.2, -0.15) is 0 Å². The molecule has 0 aromatic heterocycles. The van der Waals surface area contributed by atoms with Crippen LogP contribution in [-0.4, -0.2) is 42.6 Å². The van der Waals surface area contributed by atoms with E-state index in [1.807, 2.05) is 32.0 Å². The van der Waals surface area contributed by atoms with Crippen LogP contribution in [0.4, 0.5) is 4.79 Å². The molecule has 1 saturated heterocycles. The molecule has 0 bridgehead atoms. The predicted octanol–water partition coefficient (Wildman–Crippen LogP) is 1.34. The van der Waals surface area contributed by atoms with Crippen molar-refractivity contribution in [3.8, 4) is 5.75 Å². The van der Waals surface area contributed by atoms with Gasteiger partial charge in [0.15, 0.2) is 0 Å². The largest absolute Gasteiger partial charge is 0.492 e. The first-order chi connectivity index (χ1) is 10.5. The maximum Gasteiger partial charge on any atom is 0.318 e. The molecule has 1 fully saturated rings. The first-order valence-corrected chi connectivity index (χ1v) is 7.53. The van der Waals surface area contributed by atoms with Crippen LogP contribution in [0.1, 0.15) is 24.0 Å². The van der Waals surface area contributed by atoms with Crippen molar-refractivity contribution in [1.82, 2.24) is 10.2 Å². The molecule has 0 saturated carbocycles. The van der Waals surface area contributed by atoms with Gasteiger partial charge in [0.1, 0.15) is 18.4 Å². The molecule has 1 heterocycles. The first kappa shape index (κ1) is 16.1. The number of nitrogens with zero attached hydrogens (tertiary/aromatic N) is 1. The third-order valence-corrected chi connectivity index (χ3v) is 3.97. The SMILES string of the molecule is Cc1ccc(OCCNC(=O)N2CCC[C@H]2C(N)=O)cc1C. The third-order valence-electron chi connectivity index (χ3n) is 3.97. The van der Waals surface area contributed by atoms with Crippen molar-refractivity contribution < 1.29 is 14.3 Å². The van der Waals surface area contributed by atoms with Crippen LogP contribution in [0.3, 0.4) is 0 Å². The normalized spacial score (nSPS) is 17.4. The monoisotopic (exact) mass is 305 g/mol. The Balaban J connectivity index is 1.75. The zero-order chi connectivity index (χ0) is 16.1. The number of urea groups is 1. The van der Waals surface area contributed by atoms with Gasteiger partial charge in [0.05, 0.1) is 6.54 Å². The highest BCUT2D eigenvalue weighted by atomic mass is 16.5. The van der Waals surface area contributed by atoms with Gasteiger partial charge in [-0.25, -0.2) is 4.79 Å². The maximum atomic E-state index is 12.0. The molecule has 1 aromatic rings. The molecular formula is C16H23N3O3. The second kappa shape index (κ2) is 7.15. The van der Waals surface area contributed by atoms with Crippen molar-refractivity contribution in [3.63, 3.8) is 0 Å². The molecule has 1 aliphatic heterocycles. The van der Waals surface area contributed by atoms with E-state index in [2.05, 4.69) is 5.32 Å². The third kappa shape index (κ3) is 3.90. The standard InChI is InChI=1S/C16H23N3O3/c1-11-5-6-13(10-12(11)2)22-9-7-18-16(21)19-8-3-4-14(19)15(17)20/h5-6,10,14H,3-4,7-9H2,1-2H3,(H2,17,20)(H,18,21)/t14-/m0/s1. The Morgan fingerprint density at radius 1 is 1.36 bits per heavy atom. The number of hydrogen-bond donors (Lipinski definition) is 2. The minimum absolute atomic E-state index is 0.259. The van der Waals surface area contributed by atoms with Gasteiger partial charge < -0.3 is 20.7 Å². The Kier molecular flexibility index (Phi) is 5.25. The molecule has 0 radical (unpaired) electrons. The summed E-state index contributed by atoms with van der Waals surface area (Å²) < 4.78 is 5.60. The predicted molar refractivity (Wildman–Crippen MR) is 83.7 cm³/mol. The molecule has 3 amide bonds. The molecule has 1 atom stereocenters. The molecule has 0 unspecified atom stereocenters. The Labute approximate surface area is 130 Å². The number of amides is 3. The summed E-state index contributed by atoms with van der Waals surface area (Å²) in [5, 5.41) is 2.76. The molecule has 2 rings (SSSR count). The average Bonchev–Trinajstić information content (AvgIpc) is 2.97. The molecule has 1 aliphatic rings. The summed E-state index contributed by atoms with van der Waals surface area (Å²) in [6.45, 7) is 5.40. The number of carbonyl (C=O) groups excluding carboxylic acids is 2. The van der Waals surface area contributed by atoms with E-state index in [9.17, 15) is 9.59 Å². The highest BCUT2D eigenvalue weighted by molar-refractivity contribution is 5.86. The molecule has 0 spiro atoms. The molecule has 6 nitrogen and oxygen atoms in total. The summed E-state index contributed by atoms with van der Waals surface area (Å²) >= 11 is 0. The molecular weight excluding hydrogens is 282 g/mol. The summed E-state index contributed by atoms with van der Waals surface area (Å²) in [6, 6.07) is 5.14. The number of carbonyl (C=O) groups is 2. The van der Waals surface area contributed by atoms with Crippen molar-refractivity contribution in [2.24, 2.45) is 5.73 Å². The number of likely N-dealkylation sites (tertiary alicyclic amines) is 1. The van der Waals surface area contributed by atoms with Gasteiger partial charge in [-0.15, -0.1) is 0 Å². The van der Waals surface area contributed by atoms with Crippen LogP contribution in [0.15, 0.2) is 18.2 Å². The van der Waals surface area contributed by atoms with Gasteiger partial charge in [0.25, 0.3) is 0 Å². The molecule has 3 N–H and O–H groups in total. The van der Waals surface area contributed by atoms with Gasteiger partial charge in [-0.3, -0.25) is 4.79 Å². The Morgan fingerprint density at radius 2 is 2.14 bits per heavy atom. The lowest BCUT2D eigenvalue weighted by atomic mass is 10.1.